The van der Waals surface area contributed by atoms with E-state index in [-0.39, 0.29) is 23.9 Å². The molecule has 1 aliphatic heterocycles. The van der Waals surface area contributed by atoms with Crippen molar-refractivity contribution in [2.45, 2.75) is 52.9 Å². The maximum Gasteiger partial charge on any atom is 0.141 e. The van der Waals surface area contributed by atoms with E-state index < -0.39 is 0 Å². The molecule has 1 aromatic rings. The summed E-state index contributed by atoms with van der Waals surface area (Å²) in [7, 11) is 0. The third-order valence-corrected chi connectivity index (χ3v) is 4.20. The molecule has 0 radical (unpaired) electrons. The number of aromatic hydroxyl groups is 1. The molecule has 0 aliphatic carbocycles. The van der Waals surface area contributed by atoms with Gasteiger partial charge >= 0.3 is 0 Å². The van der Waals surface area contributed by atoms with Gasteiger partial charge in [0.25, 0.3) is 0 Å². The highest BCUT2D eigenvalue weighted by atomic mass is 16.3. The highest BCUT2D eigenvalue weighted by molar-refractivity contribution is 5.40. The number of aromatic nitrogens is 1. The van der Waals surface area contributed by atoms with Crippen LogP contribution >= 0.6 is 0 Å². The van der Waals surface area contributed by atoms with Crippen molar-refractivity contribution < 1.29 is 15.3 Å². The summed E-state index contributed by atoms with van der Waals surface area (Å²) >= 11 is 0. The van der Waals surface area contributed by atoms with Gasteiger partial charge in [-0.3, -0.25) is 9.88 Å². The third-order valence-electron chi connectivity index (χ3n) is 4.20. The average molecular weight is 294 g/mol. The van der Waals surface area contributed by atoms with Crippen LogP contribution in [0.1, 0.15) is 43.5 Å². The molecule has 118 valence electrons. The maximum atomic E-state index is 10.2. The lowest BCUT2D eigenvalue weighted by Crippen LogP contribution is -2.32. The fourth-order valence-electron chi connectivity index (χ4n) is 3.18. The van der Waals surface area contributed by atoms with Gasteiger partial charge in [0, 0.05) is 37.0 Å². The van der Waals surface area contributed by atoms with Crippen molar-refractivity contribution >= 4 is 0 Å². The summed E-state index contributed by atoms with van der Waals surface area (Å²) < 4.78 is 0. The normalized spacial score (nSPS) is 23.0. The quantitative estimate of drug-likeness (QED) is 0.789. The van der Waals surface area contributed by atoms with Crippen molar-refractivity contribution in [2.75, 3.05) is 13.1 Å². The SMILES string of the molecule is Cc1ncc(CO)c(CN2CCC(O)CC(C)(C)C2)c1O. The standard InChI is InChI=1S/C16H26N2O3/c1-11-15(21)14(12(9-19)7-17-11)8-18-5-4-13(20)6-16(2,3)10-18/h7,13,19-21H,4-6,8-10H2,1-3H3. The molecule has 1 atom stereocenters. The molecule has 21 heavy (non-hydrogen) atoms. The summed E-state index contributed by atoms with van der Waals surface area (Å²) in [6.45, 7) is 8.15. The van der Waals surface area contributed by atoms with E-state index >= 15 is 0 Å². The van der Waals surface area contributed by atoms with Gasteiger partial charge in [-0.05, 0) is 25.2 Å². The van der Waals surface area contributed by atoms with Gasteiger partial charge in [0.2, 0.25) is 0 Å². The van der Waals surface area contributed by atoms with Crippen LogP contribution in [0.4, 0.5) is 0 Å². The number of likely N-dealkylation sites (tertiary alicyclic amines) is 1. The maximum absolute atomic E-state index is 10.2. The summed E-state index contributed by atoms with van der Waals surface area (Å²) in [5, 5.41) is 29.7. The summed E-state index contributed by atoms with van der Waals surface area (Å²) in [5.74, 6) is 0.171. The molecule has 0 aromatic carbocycles. The number of nitrogens with zero attached hydrogens (tertiary/aromatic N) is 2. The van der Waals surface area contributed by atoms with E-state index in [0.29, 0.717) is 17.8 Å². The molecule has 3 N–H and O–H groups in total. The number of aliphatic hydroxyl groups excluding tert-OH is 2. The zero-order chi connectivity index (χ0) is 15.6. The van der Waals surface area contributed by atoms with Crippen molar-refractivity contribution in [3.63, 3.8) is 0 Å². The zero-order valence-electron chi connectivity index (χ0n) is 13.1. The molecule has 0 amide bonds. The van der Waals surface area contributed by atoms with Crippen molar-refractivity contribution in [3.05, 3.63) is 23.0 Å². The van der Waals surface area contributed by atoms with E-state index in [2.05, 4.69) is 23.7 Å². The Labute approximate surface area is 126 Å². The number of hydrogen-bond acceptors (Lipinski definition) is 5. The van der Waals surface area contributed by atoms with Crippen LogP contribution in [0.25, 0.3) is 0 Å². The van der Waals surface area contributed by atoms with Crippen LogP contribution in [-0.2, 0) is 13.2 Å². The summed E-state index contributed by atoms with van der Waals surface area (Å²) in [4.78, 5) is 6.33. The molecule has 0 bridgehead atoms. The Hall–Kier alpha value is -1.17. The molecule has 2 heterocycles. The Kier molecular flexibility index (Phi) is 4.86. The number of pyridine rings is 1. The van der Waals surface area contributed by atoms with Gasteiger partial charge in [-0.1, -0.05) is 13.8 Å². The molecule has 1 unspecified atom stereocenters. The van der Waals surface area contributed by atoms with E-state index in [9.17, 15) is 15.3 Å². The van der Waals surface area contributed by atoms with Gasteiger partial charge < -0.3 is 15.3 Å². The van der Waals surface area contributed by atoms with Gasteiger partial charge in [0.05, 0.1) is 18.4 Å². The zero-order valence-corrected chi connectivity index (χ0v) is 13.1. The van der Waals surface area contributed by atoms with Gasteiger partial charge in [0.1, 0.15) is 5.75 Å². The second kappa shape index (κ2) is 6.30. The van der Waals surface area contributed by atoms with Crippen molar-refractivity contribution in [2.24, 2.45) is 5.41 Å². The first-order valence-corrected chi connectivity index (χ1v) is 7.50. The largest absolute Gasteiger partial charge is 0.506 e. The van der Waals surface area contributed by atoms with Crippen molar-refractivity contribution in [1.82, 2.24) is 9.88 Å². The predicted octanol–water partition coefficient (Wildman–Crippen LogP) is 1.57. The fraction of sp³-hybridized carbons (Fsp3) is 0.688. The van der Waals surface area contributed by atoms with Crippen molar-refractivity contribution in [3.8, 4) is 5.75 Å². The lowest BCUT2D eigenvalue weighted by molar-refractivity contribution is 0.121. The lowest BCUT2D eigenvalue weighted by Gasteiger charge is -2.30. The Morgan fingerprint density at radius 3 is 2.81 bits per heavy atom. The van der Waals surface area contributed by atoms with E-state index in [1.807, 2.05) is 0 Å². The number of aryl methyl sites for hydroxylation is 1. The molecule has 0 spiro atoms. The molecular formula is C16H26N2O3. The Morgan fingerprint density at radius 1 is 1.43 bits per heavy atom. The molecule has 5 nitrogen and oxygen atoms in total. The van der Waals surface area contributed by atoms with Crippen LogP contribution in [0, 0.1) is 12.3 Å². The first kappa shape index (κ1) is 16.2. The van der Waals surface area contributed by atoms with Gasteiger partial charge in [-0.25, -0.2) is 0 Å². The molecule has 0 saturated carbocycles. The molecular weight excluding hydrogens is 268 g/mol. The Morgan fingerprint density at radius 2 is 2.14 bits per heavy atom. The Balaban J connectivity index is 2.23. The molecule has 1 fully saturated rings. The molecule has 1 saturated heterocycles. The fourth-order valence-corrected chi connectivity index (χ4v) is 3.18. The van der Waals surface area contributed by atoms with E-state index in [4.69, 9.17) is 0 Å². The van der Waals surface area contributed by atoms with E-state index in [1.54, 1.807) is 13.1 Å². The third kappa shape index (κ3) is 3.93. The minimum absolute atomic E-state index is 0.0347. The first-order valence-electron chi connectivity index (χ1n) is 7.50. The van der Waals surface area contributed by atoms with Crippen LogP contribution in [0.5, 0.6) is 5.75 Å². The van der Waals surface area contributed by atoms with Gasteiger partial charge in [-0.15, -0.1) is 0 Å². The van der Waals surface area contributed by atoms with Gasteiger partial charge in [0.15, 0.2) is 0 Å². The molecule has 1 aromatic heterocycles. The average Bonchev–Trinajstić information content (AvgIpc) is 2.53. The second-order valence-electron chi connectivity index (χ2n) is 6.88. The topological polar surface area (TPSA) is 76.8 Å². The lowest BCUT2D eigenvalue weighted by atomic mass is 9.87. The molecule has 2 rings (SSSR count). The number of hydrogen-bond donors (Lipinski definition) is 3. The molecule has 5 heteroatoms. The predicted molar refractivity (Wildman–Crippen MR) is 80.9 cm³/mol. The second-order valence-corrected chi connectivity index (χ2v) is 6.88. The number of aliphatic hydroxyl groups is 2. The minimum atomic E-state index is -0.268. The minimum Gasteiger partial charge on any atom is -0.506 e. The van der Waals surface area contributed by atoms with Crippen molar-refractivity contribution in [1.29, 1.82) is 0 Å². The smallest absolute Gasteiger partial charge is 0.141 e. The van der Waals surface area contributed by atoms with Crippen LogP contribution in [0.3, 0.4) is 0 Å². The van der Waals surface area contributed by atoms with Crippen LogP contribution in [-0.4, -0.2) is 44.4 Å². The highest BCUT2D eigenvalue weighted by Gasteiger charge is 2.29. The van der Waals surface area contributed by atoms with E-state index in [0.717, 1.165) is 31.5 Å². The summed E-state index contributed by atoms with van der Waals surface area (Å²) in [6.07, 6.45) is 2.89. The Bertz CT molecular complexity index is 503. The monoisotopic (exact) mass is 294 g/mol. The van der Waals surface area contributed by atoms with Crippen LogP contribution < -0.4 is 0 Å². The summed E-state index contributed by atoms with van der Waals surface area (Å²) in [5.41, 5.74) is 2.03. The molecule has 1 aliphatic rings. The van der Waals surface area contributed by atoms with Crippen LogP contribution in [0.15, 0.2) is 6.20 Å². The van der Waals surface area contributed by atoms with E-state index in [1.165, 1.54) is 0 Å². The highest BCUT2D eigenvalue weighted by Crippen LogP contribution is 2.31. The van der Waals surface area contributed by atoms with Crippen LogP contribution in [0.2, 0.25) is 0 Å². The first-order chi connectivity index (χ1) is 9.82. The van der Waals surface area contributed by atoms with Gasteiger partial charge in [-0.2, -0.15) is 0 Å². The summed E-state index contributed by atoms with van der Waals surface area (Å²) in [6, 6.07) is 0. The number of rotatable bonds is 3.